The molecule has 7 nitrogen and oxygen atoms in total. The Morgan fingerprint density at radius 3 is 2.61 bits per heavy atom. The number of hydrazine groups is 1. The zero-order valence-electron chi connectivity index (χ0n) is 15.0. The third-order valence-corrected chi connectivity index (χ3v) is 3.97. The van der Waals surface area contributed by atoms with Crippen LogP contribution in [0.25, 0.3) is 11.5 Å². The van der Waals surface area contributed by atoms with Crippen LogP contribution < -0.4 is 16.2 Å². The lowest BCUT2D eigenvalue weighted by molar-refractivity contribution is -0.121. The van der Waals surface area contributed by atoms with Crippen molar-refractivity contribution in [2.75, 3.05) is 5.32 Å². The molecule has 3 rings (SSSR count). The van der Waals surface area contributed by atoms with Crippen LogP contribution in [0.5, 0.6) is 0 Å². The molecule has 0 atom stereocenters. The van der Waals surface area contributed by atoms with Gasteiger partial charge in [-0.1, -0.05) is 29.8 Å². The SMILES string of the molecule is Cc1ccc(-c2nnc(CCC(=O)NNC(=S)Nc3ccccc3F)o2)cc1. The number of benzene rings is 2. The summed E-state index contributed by atoms with van der Waals surface area (Å²) in [4.78, 5) is 11.9. The second kappa shape index (κ2) is 9.05. The van der Waals surface area contributed by atoms with Crippen molar-refractivity contribution in [2.45, 2.75) is 19.8 Å². The number of halogens is 1. The summed E-state index contributed by atoms with van der Waals surface area (Å²) >= 11 is 5.01. The number of rotatable bonds is 5. The van der Waals surface area contributed by atoms with Gasteiger partial charge >= 0.3 is 0 Å². The van der Waals surface area contributed by atoms with Gasteiger partial charge in [-0.3, -0.25) is 15.6 Å². The largest absolute Gasteiger partial charge is 0.421 e. The van der Waals surface area contributed by atoms with Crippen LogP contribution in [0, 0.1) is 12.7 Å². The molecule has 0 saturated carbocycles. The number of aryl methyl sites for hydroxylation is 2. The fraction of sp³-hybridized carbons (Fsp3) is 0.158. The molecule has 0 unspecified atom stereocenters. The molecule has 0 saturated heterocycles. The van der Waals surface area contributed by atoms with Crippen molar-refractivity contribution < 1.29 is 13.6 Å². The zero-order valence-corrected chi connectivity index (χ0v) is 15.8. The van der Waals surface area contributed by atoms with Crippen LogP contribution in [-0.2, 0) is 11.2 Å². The molecular weight excluding hydrogens is 381 g/mol. The first kappa shape index (κ1) is 19.4. The van der Waals surface area contributed by atoms with E-state index in [9.17, 15) is 9.18 Å². The van der Waals surface area contributed by atoms with Crippen LogP contribution in [0.2, 0.25) is 0 Å². The van der Waals surface area contributed by atoms with Gasteiger partial charge in [-0.05, 0) is 43.4 Å². The summed E-state index contributed by atoms with van der Waals surface area (Å²) in [5.41, 5.74) is 7.12. The van der Waals surface area contributed by atoms with E-state index in [0.29, 0.717) is 11.8 Å². The number of carbonyl (C=O) groups excluding carboxylic acids is 1. The minimum atomic E-state index is -0.446. The number of nitrogens with zero attached hydrogens (tertiary/aromatic N) is 2. The van der Waals surface area contributed by atoms with E-state index in [1.54, 1.807) is 12.1 Å². The van der Waals surface area contributed by atoms with Gasteiger partial charge in [0, 0.05) is 18.4 Å². The minimum absolute atomic E-state index is 0.0675. The molecular formula is C19H18FN5O2S. The maximum absolute atomic E-state index is 13.5. The third-order valence-electron chi connectivity index (χ3n) is 3.77. The number of nitrogens with one attached hydrogen (secondary N) is 3. The fourth-order valence-corrected chi connectivity index (χ4v) is 2.45. The number of anilines is 1. The van der Waals surface area contributed by atoms with Crippen LogP contribution in [0.15, 0.2) is 52.9 Å². The van der Waals surface area contributed by atoms with Gasteiger partial charge in [0.25, 0.3) is 0 Å². The van der Waals surface area contributed by atoms with Crippen LogP contribution in [0.4, 0.5) is 10.1 Å². The average molecular weight is 399 g/mol. The number of hydrogen-bond acceptors (Lipinski definition) is 5. The van der Waals surface area contributed by atoms with Crippen molar-refractivity contribution in [3.8, 4) is 11.5 Å². The molecule has 0 spiro atoms. The molecule has 0 aliphatic rings. The Morgan fingerprint density at radius 1 is 1.11 bits per heavy atom. The maximum Gasteiger partial charge on any atom is 0.247 e. The summed E-state index contributed by atoms with van der Waals surface area (Å²) in [6.07, 6.45) is 0.394. The molecule has 1 amide bonds. The molecule has 0 aliphatic carbocycles. The Bertz CT molecular complexity index is 974. The van der Waals surface area contributed by atoms with Gasteiger partial charge in [0.1, 0.15) is 5.82 Å². The number of carbonyl (C=O) groups is 1. The number of hydrogen-bond donors (Lipinski definition) is 3. The van der Waals surface area contributed by atoms with Crippen LogP contribution in [-0.4, -0.2) is 21.2 Å². The topological polar surface area (TPSA) is 92.1 Å². The minimum Gasteiger partial charge on any atom is -0.421 e. The predicted octanol–water partition coefficient (Wildman–Crippen LogP) is 3.13. The summed E-state index contributed by atoms with van der Waals surface area (Å²) in [7, 11) is 0. The Balaban J connectivity index is 1.44. The second-order valence-corrected chi connectivity index (χ2v) is 6.38. The van der Waals surface area contributed by atoms with Crippen LogP contribution >= 0.6 is 12.2 Å². The Hall–Kier alpha value is -3.33. The highest BCUT2D eigenvalue weighted by atomic mass is 32.1. The van der Waals surface area contributed by atoms with E-state index in [2.05, 4.69) is 26.4 Å². The van der Waals surface area contributed by atoms with E-state index in [1.165, 1.54) is 12.1 Å². The van der Waals surface area contributed by atoms with Crippen molar-refractivity contribution in [3.63, 3.8) is 0 Å². The monoisotopic (exact) mass is 399 g/mol. The van der Waals surface area contributed by atoms with Crippen LogP contribution in [0.1, 0.15) is 17.9 Å². The first-order valence-corrected chi connectivity index (χ1v) is 8.92. The van der Waals surface area contributed by atoms with E-state index in [4.69, 9.17) is 16.6 Å². The van der Waals surface area contributed by atoms with Gasteiger partial charge in [0.15, 0.2) is 5.11 Å². The molecule has 9 heteroatoms. The highest BCUT2D eigenvalue weighted by Gasteiger charge is 2.11. The Kier molecular flexibility index (Phi) is 6.28. The smallest absolute Gasteiger partial charge is 0.247 e. The number of aromatic nitrogens is 2. The van der Waals surface area contributed by atoms with Gasteiger partial charge in [0.05, 0.1) is 5.69 Å². The van der Waals surface area contributed by atoms with E-state index in [0.717, 1.165) is 11.1 Å². The summed E-state index contributed by atoms with van der Waals surface area (Å²) in [6, 6.07) is 13.8. The lowest BCUT2D eigenvalue weighted by Gasteiger charge is -2.11. The van der Waals surface area contributed by atoms with Gasteiger partial charge in [-0.2, -0.15) is 0 Å². The maximum atomic E-state index is 13.5. The summed E-state index contributed by atoms with van der Waals surface area (Å²) in [5, 5.41) is 10.7. The van der Waals surface area contributed by atoms with Crippen LogP contribution in [0.3, 0.4) is 0 Å². The molecule has 0 bridgehead atoms. The van der Waals surface area contributed by atoms with Crippen molar-refractivity contribution in [2.24, 2.45) is 0 Å². The lowest BCUT2D eigenvalue weighted by Crippen LogP contribution is -2.43. The number of para-hydroxylation sites is 1. The normalized spacial score (nSPS) is 10.4. The molecule has 1 heterocycles. The predicted molar refractivity (Wildman–Crippen MR) is 107 cm³/mol. The first-order valence-electron chi connectivity index (χ1n) is 8.51. The van der Waals surface area contributed by atoms with E-state index < -0.39 is 5.82 Å². The fourth-order valence-electron chi connectivity index (χ4n) is 2.29. The summed E-state index contributed by atoms with van der Waals surface area (Å²) < 4.78 is 19.1. The average Bonchev–Trinajstić information content (AvgIpc) is 3.16. The van der Waals surface area contributed by atoms with Gasteiger partial charge in [-0.25, -0.2) is 4.39 Å². The highest BCUT2D eigenvalue weighted by Crippen LogP contribution is 2.18. The lowest BCUT2D eigenvalue weighted by atomic mass is 10.1. The van der Waals surface area contributed by atoms with E-state index in [1.807, 2.05) is 31.2 Å². The van der Waals surface area contributed by atoms with Gasteiger partial charge in [0.2, 0.25) is 17.7 Å². The molecule has 0 radical (unpaired) electrons. The molecule has 1 aromatic heterocycles. The second-order valence-electron chi connectivity index (χ2n) is 5.97. The highest BCUT2D eigenvalue weighted by molar-refractivity contribution is 7.80. The van der Waals surface area contributed by atoms with Crippen molar-refractivity contribution in [1.82, 2.24) is 21.0 Å². The van der Waals surface area contributed by atoms with Crippen molar-refractivity contribution in [3.05, 3.63) is 65.8 Å². The summed E-state index contributed by atoms with van der Waals surface area (Å²) in [6.45, 7) is 1.99. The molecule has 28 heavy (non-hydrogen) atoms. The Labute approximate surface area is 166 Å². The van der Waals surface area contributed by atoms with Gasteiger partial charge in [-0.15, -0.1) is 10.2 Å². The standard InChI is InChI=1S/C19H18FN5O2S/c1-12-6-8-13(9-7-12)18-24-23-17(27-18)11-10-16(26)22-25-19(28)21-15-5-3-2-4-14(15)20/h2-9H,10-11H2,1H3,(H,22,26)(H2,21,25,28). The van der Waals surface area contributed by atoms with E-state index in [-0.39, 0.29) is 29.5 Å². The molecule has 2 aromatic carbocycles. The molecule has 3 aromatic rings. The molecule has 3 N–H and O–H groups in total. The Morgan fingerprint density at radius 2 is 1.86 bits per heavy atom. The zero-order chi connectivity index (χ0) is 19.9. The molecule has 144 valence electrons. The summed E-state index contributed by atoms with van der Waals surface area (Å²) in [5.74, 6) is -0.00639. The van der Waals surface area contributed by atoms with Gasteiger partial charge < -0.3 is 9.73 Å². The van der Waals surface area contributed by atoms with E-state index >= 15 is 0 Å². The molecule has 0 fully saturated rings. The number of thiocarbonyl (C=S) groups is 1. The quantitative estimate of drug-likeness (QED) is 0.448. The molecule has 0 aliphatic heterocycles. The third kappa shape index (κ3) is 5.34. The first-order chi connectivity index (χ1) is 13.5. The van der Waals surface area contributed by atoms with Crippen molar-refractivity contribution in [1.29, 1.82) is 0 Å². The number of amides is 1. The van der Waals surface area contributed by atoms with Crippen molar-refractivity contribution >= 4 is 28.9 Å².